The van der Waals surface area contributed by atoms with Gasteiger partial charge in [0.15, 0.2) is 0 Å². The van der Waals surface area contributed by atoms with Gasteiger partial charge in [-0.2, -0.15) is 0 Å². The molecule has 1 aliphatic carbocycles. The van der Waals surface area contributed by atoms with Crippen molar-refractivity contribution in [2.24, 2.45) is 5.92 Å². The lowest BCUT2D eigenvalue weighted by molar-refractivity contribution is 0.0526. The normalized spacial score (nSPS) is 22.5. The maximum atomic E-state index is 11.7. The van der Waals surface area contributed by atoms with Gasteiger partial charge in [0.25, 0.3) is 0 Å². The Morgan fingerprint density at radius 2 is 2.25 bits per heavy atom. The third-order valence-corrected chi connectivity index (χ3v) is 4.06. The number of nitrogen functional groups attached to an aromatic ring is 1. The number of rotatable bonds is 4. The van der Waals surface area contributed by atoms with E-state index in [0.29, 0.717) is 12.5 Å². The van der Waals surface area contributed by atoms with Crippen LogP contribution in [0.1, 0.15) is 68.1 Å². The molecule has 2 unspecified atom stereocenters. The lowest BCUT2D eigenvalue weighted by Crippen LogP contribution is -2.18. The van der Waals surface area contributed by atoms with Crippen molar-refractivity contribution in [1.82, 2.24) is 9.97 Å². The van der Waals surface area contributed by atoms with Crippen LogP contribution in [0.15, 0.2) is 6.20 Å². The second-order valence-electron chi connectivity index (χ2n) is 5.39. The van der Waals surface area contributed by atoms with Gasteiger partial charge in [0, 0.05) is 12.1 Å². The topological polar surface area (TPSA) is 78.1 Å². The molecule has 0 aliphatic heterocycles. The first-order valence-corrected chi connectivity index (χ1v) is 7.45. The summed E-state index contributed by atoms with van der Waals surface area (Å²) in [4.78, 5) is 20.3. The first kappa shape index (κ1) is 14.8. The molecule has 110 valence electrons. The van der Waals surface area contributed by atoms with Crippen molar-refractivity contribution < 1.29 is 9.53 Å². The van der Waals surface area contributed by atoms with Gasteiger partial charge in [0.05, 0.1) is 6.61 Å². The minimum absolute atomic E-state index is 0.229. The number of ether oxygens (including phenoxy) is 1. The van der Waals surface area contributed by atoms with E-state index in [-0.39, 0.29) is 11.4 Å². The molecule has 1 saturated carbocycles. The maximum Gasteiger partial charge on any atom is 0.343 e. The summed E-state index contributed by atoms with van der Waals surface area (Å²) in [5, 5.41) is 0. The minimum atomic E-state index is -0.452. The molecule has 5 heteroatoms. The van der Waals surface area contributed by atoms with Gasteiger partial charge in [-0.15, -0.1) is 0 Å². The van der Waals surface area contributed by atoms with Crippen LogP contribution in [0.25, 0.3) is 0 Å². The van der Waals surface area contributed by atoms with Crippen molar-refractivity contribution >= 4 is 11.8 Å². The molecule has 2 atom stereocenters. The highest BCUT2D eigenvalue weighted by molar-refractivity contribution is 5.93. The molecule has 0 radical (unpaired) electrons. The summed E-state index contributed by atoms with van der Waals surface area (Å²) in [6.07, 6.45) is 7.44. The Kier molecular flexibility index (Phi) is 4.93. The van der Waals surface area contributed by atoms with Crippen LogP contribution in [0.5, 0.6) is 0 Å². The van der Waals surface area contributed by atoms with Crippen molar-refractivity contribution in [1.29, 1.82) is 0 Å². The van der Waals surface area contributed by atoms with Crippen molar-refractivity contribution in [3.05, 3.63) is 17.6 Å². The maximum absolute atomic E-state index is 11.7. The Morgan fingerprint density at radius 1 is 1.45 bits per heavy atom. The highest BCUT2D eigenvalue weighted by Crippen LogP contribution is 2.36. The van der Waals surface area contributed by atoms with Crippen LogP contribution in [0.3, 0.4) is 0 Å². The van der Waals surface area contributed by atoms with Gasteiger partial charge in [-0.25, -0.2) is 14.8 Å². The molecule has 20 heavy (non-hydrogen) atoms. The second kappa shape index (κ2) is 6.68. The minimum Gasteiger partial charge on any atom is -0.462 e. The summed E-state index contributed by atoms with van der Waals surface area (Å²) < 4.78 is 4.93. The number of aromatic nitrogens is 2. The summed E-state index contributed by atoms with van der Waals surface area (Å²) in [5.41, 5.74) is 6.14. The van der Waals surface area contributed by atoms with E-state index in [1.807, 2.05) is 0 Å². The Morgan fingerprint density at radius 3 is 2.90 bits per heavy atom. The Balaban J connectivity index is 2.14. The van der Waals surface area contributed by atoms with Gasteiger partial charge >= 0.3 is 5.97 Å². The molecule has 0 spiro atoms. The van der Waals surface area contributed by atoms with Gasteiger partial charge in [0.2, 0.25) is 0 Å². The Bertz CT molecular complexity index is 476. The summed E-state index contributed by atoms with van der Waals surface area (Å²) in [5.74, 6) is 1.67. The van der Waals surface area contributed by atoms with Crippen LogP contribution in [0.4, 0.5) is 5.82 Å². The quantitative estimate of drug-likeness (QED) is 0.856. The summed E-state index contributed by atoms with van der Waals surface area (Å²) in [7, 11) is 0. The van der Waals surface area contributed by atoms with E-state index < -0.39 is 5.97 Å². The van der Waals surface area contributed by atoms with Gasteiger partial charge in [-0.3, -0.25) is 0 Å². The molecular formula is C15H23N3O2. The average Bonchev–Trinajstić information content (AvgIpc) is 2.47. The van der Waals surface area contributed by atoms with Crippen molar-refractivity contribution in [2.45, 2.75) is 51.9 Å². The zero-order chi connectivity index (χ0) is 14.5. The monoisotopic (exact) mass is 277 g/mol. The number of carbonyl (C=O) groups excluding carboxylic acids is 1. The fourth-order valence-corrected chi connectivity index (χ4v) is 2.87. The van der Waals surface area contributed by atoms with E-state index in [1.54, 1.807) is 6.92 Å². The largest absolute Gasteiger partial charge is 0.462 e. The Hall–Kier alpha value is -1.65. The number of nitrogens with two attached hydrogens (primary N) is 1. The van der Waals surface area contributed by atoms with E-state index in [1.165, 1.54) is 25.5 Å². The smallest absolute Gasteiger partial charge is 0.343 e. The van der Waals surface area contributed by atoms with Crippen LogP contribution >= 0.6 is 0 Å². The molecule has 1 aromatic rings. The zero-order valence-electron chi connectivity index (χ0n) is 12.3. The number of anilines is 1. The average molecular weight is 277 g/mol. The van der Waals surface area contributed by atoms with E-state index in [0.717, 1.165) is 24.6 Å². The van der Waals surface area contributed by atoms with Crippen molar-refractivity contribution in [3.63, 3.8) is 0 Å². The molecule has 1 aromatic heterocycles. The van der Waals surface area contributed by atoms with Gasteiger partial charge < -0.3 is 10.5 Å². The predicted octanol–water partition coefficient (Wildman–Crippen LogP) is 2.92. The highest BCUT2D eigenvalue weighted by Gasteiger charge is 2.25. The standard InChI is InChI=1S/C15H23N3O2/c1-3-10-6-5-7-11(8-10)14-17-9-12(13(16)18-14)15(19)20-4-2/h9-11H,3-8H2,1-2H3,(H2,16,17,18). The van der Waals surface area contributed by atoms with E-state index in [9.17, 15) is 4.79 Å². The number of esters is 1. The van der Waals surface area contributed by atoms with Crippen LogP contribution in [-0.4, -0.2) is 22.5 Å². The van der Waals surface area contributed by atoms with E-state index in [2.05, 4.69) is 16.9 Å². The van der Waals surface area contributed by atoms with E-state index >= 15 is 0 Å². The van der Waals surface area contributed by atoms with Crippen LogP contribution in [0, 0.1) is 5.92 Å². The lowest BCUT2D eigenvalue weighted by atomic mass is 9.80. The summed E-state index contributed by atoms with van der Waals surface area (Å²) >= 11 is 0. The third kappa shape index (κ3) is 3.26. The van der Waals surface area contributed by atoms with Crippen molar-refractivity contribution in [3.8, 4) is 0 Å². The summed E-state index contributed by atoms with van der Waals surface area (Å²) in [6, 6.07) is 0. The number of hydrogen-bond donors (Lipinski definition) is 1. The lowest BCUT2D eigenvalue weighted by Gasteiger charge is -2.27. The fourth-order valence-electron chi connectivity index (χ4n) is 2.87. The predicted molar refractivity (Wildman–Crippen MR) is 77.4 cm³/mol. The van der Waals surface area contributed by atoms with Crippen LogP contribution in [-0.2, 0) is 4.74 Å². The number of carbonyl (C=O) groups is 1. The fraction of sp³-hybridized carbons (Fsp3) is 0.667. The number of hydrogen-bond acceptors (Lipinski definition) is 5. The second-order valence-corrected chi connectivity index (χ2v) is 5.39. The highest BCUT2D eigenvalue weighted by atomic mass is 16.5. The molecule has 0 aromatic carbocycles. The van der Waals surface area contributed by atoms with Crippen molar-refractivity contribution in [2.75, 3.05) is 12.3 Å². The van der Waals surface area contributed by atoms with Crippen LogP contribution in [0.2, 0.25) is 0 Å². The molecule has 0 bridgehead atoms. The first-order valence-electron chi connectivity index (χ1n) is 7.45. The first-order chi connectivity index (χ1) is 9.65. The molecule has 2 rings (SSSR count). The SMILES string of the molecule is CCOC(=O)c1cnc(C2CCCC(CC)C2)nc1N. The number of nitrogens with zero attached hydrogens (tertiary/aromatic N) is 2. The van der Waals surface area contributed by atoms with E-state index in [4.69, 9.17) is 10.5 Å². The molecule has 0 amide bonds. The molecule has 1 heterocycles. The zero-order valence-corrected chi connectivity index (χ0v) is 12.3. The molecule has 1 fully saturated rings. The third-order valence-electron chi connectivity index (χ3n) is 4.06. The molecule has 5 nitrogen and oxygen atoms in total. The van der Waals surface area contributed by atoms with Gasteiger partial charge in [0.1, 0.15) is 17.2 Å². The Labute approximate surface area is 119 Å². The van der Waals surface area contributed by atoms with Gasteiger partial charge in [-0.1, -0.05) is 26.2 Å². The summed E-state index contributed by atoms with van der Waals surface area (Å²) in [6.45, 7) is 4.31. The molecule has 2 N–H and O–H groups in total. The van der Waals surface area contributed by atoms with Crippen LogP contribution < -0.4 is 5.73 Å². The van der Waals surface area contributed by atoms with Gasteiger partial charge in [-0.05, 0) is 25.7 Å². The molecule has 0 saturated heterocycles. The molecular weight excluding hydrogens is 254 g/mol. The molecule has 1 aliphatic rings.